The Morgan fingerprint density at radius 1 is 1.03 bits per heavy atom. The number of benzene rings is 2. The summed E-state index contributed by atoms with van der Waals surface area (Å²) in [6, 6.07) is 18.6. The Kier molecular flexibility index (Phi) is 6.09. The van der Waals surface area contributed by atoms with Gasteiger partial charge in [0.1, 0.15) is 0 Å². The van der Waals surface area contributed by atoms with E-state index in [2.05, 4.69) is 0 Å². The molecule has 1 N–H and O–H groups in total. The minimum atomic E-state index is -0.923. The van der Waals surface area contributed by atoms with Crippen LogP contribution in [0.15, 0.2) is 72.4 Å². The van der Waals surface area contributed by atoms with Crippen LogP contribution in [0.2, 0.25) is 0 Å². The molecule has 1 saturated heterocycles. The van der Waals surface area contributed by atoms with E-state index >= 15 is 0 Å². The molecule has 0 aromatic heterocycles. The standard InChI is InChI=1S/C25H28N2O4/c1-3-31-25(29)23-22-20(14-17(2)27(23)30)24(28)26(16-19-12-8-5-9-13-19)21(22)15-18-10-6-4-7-11-18/h4-14,20-23,30H,3,15-16H2,1-2H3/t20-,21-,22+,23-/m0/s1. The van der Waals surface area contributed by atoms with E-state index < -0.39 is 23.8 Å². The van der Waals surface area contributed by atoms with Crippen molar-refractivity contribution in [2.75, 3.05) is 6.61 Å². The van der Waals surface area contributed by atoms with Crippen molar-refractivity contribution >= 4 is 11.9 Å². The number of allylic oxidation sites excluding steroid dienone is 1. The number of amides is 1. The quantitative estimate of drug-likeness (QED) is 0.726. The highest BCUT2D eigenvalue weighted by molar-refractivity contribution is 5.87. The van der Waals surface area contributed by atoms with Gasteiger partial charge in [-0.1, -0.05) is 66.7 Å². The topological polar surface area (TPSA) is 70.1 Å². The van der Waals surface area contributed by atoms with Crippen LogP contribution < -0.4 is 0 Å². The molecular formula is C25H28N2O4. The Balaban J connectivity index is 1.75. The number of ether oxygens (including phenoxy) is 1. The molecule has 1 amide bonds. The van der Waals surface area contributed by atoms with Gasteiger partial charge in [0, 0.05) is 24.2 Å². The summed E-state index contributed by atoms with van der Waals surface area (Å²) in [4.78, 5) is 28.3. The van der Waals surface area contributed by atoms with Crippen molar-refractivity contribution in [1.29, 1.82) is 0 Å². The normalized spacial score (nSPS) is 25.3. The lowest BCUT2D eigenvalue weighted by Crippen LogP contribution is -2.52. The molecule has 4 atom stereocenters. The second-order valence-corrected chi connectivity index (χ2v) is 8.16. The minimum absolute atomic E-state index is 0.0171. The summed E-state index contributed by atoms with van der Waals surface area (Å²) >= 11 is 0. The van der Waals surface area contributed by atoms with Crippen LogP contribution in [-0.4, -0.2) is 45.7 Å². The zero-order valence-electron chi connectivity index (χ0n) is 17.8. The molecule has 2 aromatic rings. The maximum Gasteiger partial charge on any atom is 0.331 e. The van der Waals surface area contributed by atoms with Gasteiger partial charge >= 0.3 is 5.97 Å². The van der Waals surface area contributed by atoms with Crippen LogP contribution in [0.5, 0.6) is 0 Å². The van der Waals surface area contributed by atoms with Gasteiger partial charge in [0.15, 0.2) is 6.04 Å². The molecule has 0 spiro atoms. The fourth-order valence-corrected chi connectivity index (χ4v) is 4.84. The average Bonchev–Trinajstić information content (AvgIpc) is 3.01. The third kappa shape index (κ3) is 4.08. The lowest BCUT2D eigenvalue weighted by atomic mass is 9.78. The van der Waals surface area contributed by atoms with Crippen LogP contribution in [0.25, 0.3) is 0 Å². The Morgan fingerprint density at radius 3 is 2.26 bits per heavy atom. The first-order valence-electron chi connectivity index (χ1n) is 10.7. The molecule has 2 heterocycles. The summed E-state index contributed by atoms with van der Waals surface area (Å²) in [5.41, 5.74) is 2.60. The predicted octanol–water partition coefficient (Wildman–Crippen LogP) is 3.41. The van der Waals surface area contributed by atoms with Gasteiger partial charge < -0.3 is 9.64 Å². The van der Waals surface area contributed by atoms with Crippen molar-refractivity contribution in [3.8, 4) is 0 Å². The highest BCUT2D eigenvalue weighted by atomic mass is 16.6. The number of likely N-dealkylation sites (tertiary alicyclic amines) is 1. The van der Waals surface area contributed by atoms with Crippen molar-refractivity contribution in [2.45, 2.75) is 38.9 Å². The molecule has 0 radical (unpaired) electrons. The SMILES string of the molecule is CCOC(=O)[C@@H]1[C@@H]2[C@H](C=C(C)N1O)C(=O)N(Cc1ccccc1)[C@H]2Cc1ccccc1. The zero-order valence-corrected chi connectivity index (χ0v) is 17.8. The minimum Gasteiger partial charge on any atom is -0.464 e. The average molecular weight is 421 g/mol. The maximum atomic E-state index is 13.6. The molecule has 6 heteroatoms. The van der Waals surface area contributed by atoms with Crippen LogP contribution in [0.4, 0.5) is 0 Å². The van der Waals surface area contributed by atoms with Crippen molar-refractivity contribution in [2.24, 2.45) is 11.8 Å². The molecule has 1 fully saturated rings. The lowest BCUT2D eigenvalue weighted by Gasteiger charge is -2.39. The van der Waals surface area contributed by atoms with Gasteiger partial charge in [-0.05, 0) is 31.4 Å². The number of esters is 1. The predicted molar refractivity (Wildman–Crippen MR) is 116 cm³/mol. The molecule has 4 rings (SSSR count). The molecule has 162 valence electrons. The molecule has 6 nitrogen and oxygen atoms in total. The largest absolute Gasteiger partial charge is 0.464 e. The van der Waals surface area contributed by atoms with E-state index in [-0.39, 0.29) is 18.6 Å². The van der Waals surface area contributed by atoms with E-state index in [1.54, 1.807) is 19.9 Å². The van der Waals surface area contributed by atoms with Gasteiger partial charge in [-0.2, -0.15) is 0 Å². The fourth-order valence-electron chi connectivity index (χ4n) is 4.84. The Morgan fingerprint density at radius 2 is 1.65 bits per heavy atom. The van der Waals surface area contributed by atoms with Crippen LogP contribution in [0.1, 0.15) is 25.0 Å². The summed E-state index contributed by atoms with van der Waals surface area (Å²) in [6.45, 7) is 4.12. The van der Waals surface area contributed by atoms with E-state index in [1.807, 2.05) is 65.6 Å². The number of hydroxylamine groups is 2. The number of fused-ring (bicyclic) bond motifs is 1. The summed E-state index contributed by atoms with van der Waals surface area (Å²) in [5.74, 6) is -1.41. The highest BCUT2D eigenvalue weighted by Crippen LogP contribution is 2.43. The Bertz CT molecular complexity index is 960. The van der Waals surface area contributed by atoms with Crippen molar-refractivity contribution in [1.82, 2.24) is 9.96 Å². The second-order valence-electron chi connectivity index (χ2n) is 8.16. The van der Waals surface area contributed by atoms with Gasteiger partial charge in [0.2, 0.25) is 5.91 Å². The molecule has 2 aliphatic rings. The van der Waals surface area contributed by atoms with Crippen molar-refractivity contribution in [3.63, 3.8) is 0 Å². The third-order valence-corrected chi connectivity index (χ3v) is 6.25. The van der Waals surface area contributed by atoms with E-state index in [0.717, 1.165) is 16.2 Å². The molecular weight excluding hydrogens is 392 g/mol. The first-order chi connectivity index (χ1) is 15.0. The number of rotatable bonds is 6. The van der Waals surface area contributed by atoms with Crippen molar-refractivity contribution in [3.05, 3.63) is 83.6 Å². The number of carbonyl (C=O) groups excluding carboxylic acids is 2. The first-order valence-corrected chi connectivity index (χ1v) is 10.7. The molecule has 2 aliphatic heterocycles. The van der Waals surface area contributed by atoms with E-state index in [4.69, 9.17) is 4.74 Å². The van der Waals surface area contributed by atoms with Gasteiger partial charge in [-0.25, -0.2) is 9.86 Å². The summed E-state index contributed by atoms with van der Waals surface area (Å²) in [5, 5.41) is 11.7. The molecule has 0 unspecified atom stereocenters. The number of hydrogen-bond acceptors (Lipinski definition) is 5. The second kappa shape index (κ2) is 8.94. The van der Waals surface area contributed by atoms with Gasteiger partial charge in [0.05, 0.1) is 12.5 Å². The molecule has 31 heavy (non-hydrogen) atoms. The number of hydrogen-bond donors (Lipinski definition) is 1. The van der Waals surface area contributed by atoms with Crippen molar-refractivity contribution < 1.29 is 19.5 Å². The smallest absolute Gasteiger partial charge is 0.331 e. The molecule has 0 aliphatic carbocycles. The Labute approximate surface area is 182 Å². The lowest BCUT2D eigenvalue weighted by molar-refractivity contribution is -0.176. The van der Waals surface area contributed by atoms with Crippen LogP contribution in [0.3, 0.4) is 0 Å². The van der Waals surface area contributed by atoms with E-state index in [1.165, 1.54) is 0 Å². The summed E-state index contributed by atoms with van der Waals surface area (Å²) in [7, 11) is 0. The maximum absolute atomic E-state index is 13.6. The van der Waals surface area contributed by atoms with Gasteiger partial charge in [-0.15, -0.1) is 0 Å². The molecule has 0 bridgehead atoms. The van der Waals surface area contributed by atoms with E-state index in [9.17, 15) is 14.8 Å². The fraction of sp³-hybridized carbons (Fsp3) is 0.360. The third-order valence-electron chi connectivity index (χ3n) is 6.25. The first kappa shape index (κ1) is 21.1. The van der Waals surface area contributed by atoms with E-state index in [0.29, 0.717) is 18.7 Å². The molecule has 0 saturated carbocycles. The monoisotopic (exact) mass is 420 g/mol. The summed E-state index contributed by atoms with van der Waals surface area (Å²) in [6.07, 6.45) is 2.38. The van der Waals surface area contributed by atoms with Gasteiger partial charge in [-0.3, -0.25) is 10.0 Å². The Hall–Kier alpha value is -3.12. The molecule has 2 aromatic carbocycles. The van der Waals surface area contributed by atoms with Crippen LogP contribution in [-0.2, 0) is 27.3 Å². The highest BCUT2D eigenvalue weighted by Gasteiger charge is 2.56. The summed E-state index contributed by atoms with van der Waals surface area (Å²) < 4.78 is 5.30. The van der Waals surface area contributed by atoms with Crippen LogP contribution >= 0.6 is 0 Å². The number of nitrogens with zero attached hydrogens (tertiary/aromatic N) is 2. The van der Waals surface area contributed by atoms with Gasteiger partial charge in [0.25, 0.3) is 0 Å². The number of carbonyl (C=O) groups is 2. The van der Waals surface area contributed by atoms with Crippen LogP contribution in [0, 0.1) is 11.8 Å². The zero-order chi connectivity index (χ0) is 22.0.